The first kappa shape index (κ1) is 13.9. The van der Waals surface area contributed by atoms with Crippen LogP contribution >= 0.6 is 70.5 Å². The highest BCUT2D eigenvalue weighted by molar-refractivity contribution is 8.35. The summed E-state index contributed by atoms with van der Waals surface area (Å²) in [5.74, 6) is 0. The van der Waals surface area contributed by atoms with E-state index in [0.29, 0.717) is 0 Å². The van der Waals surface area contributed by atoms with E-state index in [1.54, 1.807) is 47.0 Å². The summed E-state index contributed by atoms with van der Waals surface area (Å²) >= 11 is 10.2. The minimum Gasteiger partial charge on any atom is -0.294 e. The predicted octanol–water partition coefficient (Wildman–Crippen LogP) is 4.59. The lowest BCUT2D eigenvalue weighted by Gasteiger charge is -2.03. The van der Waals surface area contributed by atoms with Crippen LogP contribution in [0.5, 0.6) is 0 Å². The molecule has 2 aromatic heterocycles. The second-order valence-corrected chi connectivity index (χ2v) is 9.86. The molecule has 4 N–H and O–H groups in total. The third kappa shape index (κ3) is 2.01. The quantitative estimate of drug-likeness (QED) is 0.446. The molecule has 112 valence electrons. The molecule has 0 amide bonds. The number of hydrogen-bond acceptors (Lipinski definition) is 6. The number of rotatable bonds is 0. The van der Waals surface area contributed by atoms with Gasteiger partial charge in [0.05, 0.1) is 30.5 Å². The van der Waals surface area contributed by atoms with Gasteiger partial charge in [0.25, 0.3) is 0 Å². The number of aromatic nitrogens is 4. The molecule has 2 aliphatic heterocycles. The highest BCUT2D eigenvalue weighted by Crippen LogP contribution is 2.40. The van der Waals surface area contributed by atoms with E-state index in [0.717, 1.165) is 0 Å². The Morgan fingerprint density at radius 1 is 0.500 bits per heavy atom. The number of fused-ring (bicyclic) bond motifs is 2. The summed E-state index contributed by atoms with van der Waals surface area (Å²) < 4.78 is 16.4. The van der Waals surface area contributed by atoms with Crippen molar-refractivity contribution in [2.24, 2.45) is 0 Å². The van der Waals surface area contributed by atoms with Crippen molar-refractivity contribution in [1.82, 2.24) is 17.5 Å². The standard InChI is InChI=1S/C12H8N4S6/c1-2-18-11(17-1)5-7-9(15-21-13-7)6(12-19-3-4-20-12)10-8(5)14-22-16-10/h1-4,13-16H. The minimum absolute atomic E-state index is 1.18. The first-order chi connectivity index (χ1) is 10.9. The molecule has 10 heteroatoms. The number of nitrogens with one attached hydrogen (secondary N) is 4. The maximum atomic E-state index is 3.44. The van der Waals surface area contributed by atoms with E-state index in [-0.39, 0.29) is 0 Å². The number of aromatic amines is 4. The highest BCUT2D eigenvalue weighted by Gasteiger charge is 2.17. The van der Waals surface area contributed by atoms with Crippen LogP contribution in [0.2, 0.25) is 0 Å². The van der Waals surface area contributed by atoms with E-state index < -0.39 is 0 Å². The minimum atomic E-state index is 1.18. The Morgan fingerprint density at radius 3 is 1.14 bits per heavy atom. The van der Waals surface area contributed by atoms with Gasteiger partial charge in [0.1, 0.15) is 0 Å². The molecule has 0 aliphatic carbocycles. The van der Waals surface area contributed by atoms with Gasteiger partial charge in [-0.2, -0.15) is 0 Å². The van der Waals surface area contributed by atoms with Crippen LogP contribution in [0.1, 0.15) is 0 Å². The fraction of sp³-hybridized carbons (Fsp3) is 0. The predicted molar refractivity (Wildman–Crippen MR) is 107 cm³/mol. The monoisotopic (exact) mass is 400 g/mol. The summed E-state index contributed by atoms with van der Waals surface area (Å²) in [6, 6.07) is 0. The number of benzene rings is 1. The molecule has 0 saturated heterocycles. The second-order valence-electron chi connectivity index (χ2n) is 4.45. The van der Waals surface area contributed by atoms with Gasteiger partial charge in [-0.05, 0) is 21.6 Å². The Morgan fingerprint density at radius 2 is 0.818 bits per heavy atom. The third-order valence-electron chi connectivity index (χ3n) is 3.33. The third-order valence-corrected chi connectivity index (χ3v) is 8.82. The first-order valence-corrected chi connectivity index (χ1v) is 11.4. The van der Waals surface area contributed by atoms with Gasteiger partial charge in [0, 0.05) is 33.9 Å². The summed E-state index contributed by atoms with van der Waals surface area (Å²) in [5.41, 5.74) is 4.70. The molecule has 1 aromatic carbocycles. The molecule has 0 saturated carbocycles. The molecule has 0 fully saturated rings. The summed E-state index contributed by atoms with van der Waals surface area (Å²) in [7, 11) is 0. The van der Waals surface area contributed by atoms with Gasteiger partial charge in [0.2, 0.25) is 0 Å². The van der Waals surface area contributed by atoms with E-state index in [9.17, 15) is 0 Å². The van der Waals surface area contributed by atoms with Crippen LogP contribution in [-0.4, -0.2) is 17.5 Å². The van der Waals surface area contributed by atoms with Crippen molar-refractivity contribution in [3.05, 3.63) is 32.1 Å². The fourth-order valence-electron chi connectivity index (χ4n) is 2.47. The number of thioether (sulfide) groups is 4. The topological polar surface area (TPSA) is 63.2 Å². The van der Waals surface area contributed by atoms with E-state index in [4.69, 9.17) is 0 Å². The van der Waals surface area contributed by atoms with E-state index in [1.165, 1.54) is 64.4 Å². The average Bonchev–Trinajstić information content (AvgIpc) is 3.29. The van der Waals surface area contributed by atoms with Crippen molar-refractivity contribution in [2.75, 3.05) is 0 Å². The van der Waals surface area contributed by atoms with Crippen molar-refractivity contribution < 1.29 is 0 Å². The van der Waals surface area contributed by atoms with Crippen LogP contribution in [-0.2, 0) is 0 Å². The van der Waals surface area contributed by atoms with Gasteiger partial charge in [-0.1, -0.05) is 47.0 Å². The molecule has 0 spiro atoms. The van der Waals surface area contributed by atoms with Crippen LogP contribution in [0.25, 0.3) is 30.5 Å². The normalized spacial score (nSPS) is 17.6. The van der Waals surface area contributed by atoms with Crippen LogP contribution < -0.4 is 10.4 Å². The summed E-state index contributed by atoms with van der Waals surface area (Å²) in [5, 5.41) is 11.1. The van der Waals surface area contributed by atoms with Crippen LogP contribution in [0.15, 0.2) is 21.6 Å². The van der Waals surface area contributed by atoms with Gasteiger partial charge in [-0.3, -0.25) is 17.5 Å². The summed E-state index contributed by atoms with van der Waals surface area (Å²) in [6.07, 6.45) is 0. The Labute approximate surface area is 149 Å². The van der Waals surface area contributed by atoms with E-state index >= 15 is 0 Å². The molecule has 22 heavy (non-hydrogen) atoms. The Balaban J connectivity index is 2.08. The molecule has 5 rings (SSSR count). The lowest BCUT2D eigenvalue weighted by Crippen LogP contribution is -2.16. The molecule has 0 bridgehead atoms. The zero-order valence-electron chi connectivity index (χ0n) is 10.8. The van der Waals surface area contributed by atoms with Crippen molar-refractivity contribution in [1.29, 1.82) is 0 Å². The molecular weight excluding hydrogens is 393 g/mol. The van der Waals surface area contributed by atoms with Gasteiger partial charge < -0.3 is 0 Å². The molecule has 3 aromatic rings. The lowest BCUT2D eigenvalue weighted by atomic mass is 10.2. The molecule has 4 heterocycles. The molecular formula is C12H8N4S6. The molecule has 0 atom stereocenters. The highest BCUT2D eigenvalue weighted by atomic mass is 32.2. The van der Waals surface area contributed by atoms with Gasteiger partial charge in [-0.15, -0.1) is 0 Å². The Kier molecular flexibility index (Phi) is 3.49. The maximum absolute atomic E-state index is 3.44. The molecule has 0 unspecified atom stereocenters. The SMILES string of the molecule is C1=CSC(=c2c3[nH]s[nH]c3c(=C3SC=CS3)c3[nH]s[nH]c23)S1. The molecule has 2 aliphatic rings. The van der Waals surface area contributed by atoms with E-state index in [2.05, 4.69) is 39.1 Å². The van der Waals surface area contributed by atoms with Crippen LogP contribution in [0, 0.1) is 0 Å². The number of H-pyrrole nitrogens is 4. The molecule has 0 radical (unpaired) electrons. The van der Waals surface area contributed by atoms with Crippen LogP contribution in [0.4, 0.5) is 0 Å². The zero-order chi connectivity index (χ0) is 14.5. The lowest BCUT2D eigenvalue weighted by molar-refractivity contribution is 1.55. The van der Waals surface area contributed by atoms with Crippen molar-refractivity contribution >= 4 is 101 Å². The number of hydrogen-bond donors (Lipinski definition) is 4. The van der Waals surface area contributed by atoms with Crippen LogP contribution in [0.3, 0.4) is 0 Å². The van der Waals surface area contributed by atoms with Gasteiger partial charge in [0.15, 0.2) is 0 Å². The summed E-state index contributed by atoms with van der Waals surface area (Å²) in [4.78, 5) is 0. The Bertz CT molecular complexity index is 931. The fourth-order valence-corrected chi connectivity index (χ4v) is 7.58. The van der Waals surface area contributed by atoms with Crippen molar-refractivity contribution in [3.8, 4) is 0 Å². The smallest absolute Gasteiger partial charge is 0.0852 e. The second kappa shape index (κ2) is 5.53. The van der Waals surface area contributed by atoms with Gasteiger partial charge >= 0.3 is 0 Å². The first-order valence-electron chi connectivity index (χ1n) is 6.24. The van der Waals surface area contributed by atoms with Crippen molar-refractivity contribution in [2.45, 2.75) is 0 Å². The van der Waals surface area contributed by atoms with Gasteiger partial charge in [-0.25, -0.2) is 0 Å². The Hall–Kier alpha value is -0.520. The average molecular weight is 401 g/mol. The molecule has 4 nitrogen and oxygen atoms in total. The van der Waals surface area contributed by atoms with E-state index in [1.807, 2.05) is 0 Å². The maximum Gasteiger partial charge on any atom is 0.0852 e. The van der Waals surface area contributed by atoms with Crippen molar-refractivity contribution in [3.63, 3.8) is 0 Å². The summed E-state index contributed by atoms with van der Waals surface area (Å²) in [6.45, 7) is 0. The largest absolute Gasteiger partial charge is 0.294 e. The zero-order valence-corrected chi connectivity index (χ0v) is 15.7.